The van der Waals surface area contributed by atoms with Crippen molar-refractivity contribution in [2.75, 3.05) is 5.73 Å². The van der Waals surface area contributed by atoms with E-state index >= 15 is 0 Å². The van der Waals surface area contributed by atoms with E-state index in [9.17, 15) is 0 Å². The molecule has 74 valence electrons. The zero-order valence-corrected chi connectivity index (χ0v) is 9.78. The highest BCUT2D eigenvalue weighted by atomic mass is 32.2. The molecule has 0 aliphatic heterocycles. The molecule has 0 saturated carbocycles. The van der Waals surface area contributed by atoms with E-state index in [4.69, 9.17) is 5.73 Å². The number of rotatable bonds is 2. The molecule has 2 N–H and O–H groups in total. The van der Waals surface area contributed by atoms with Crippen LogP contribution in [-0.2, 0) is 0 Å². The van der Waals surface area contributed by atoms with E-state index in [-0.39, 0.29) is 0 Å². The number of nitrogens with two attached hydrogens (primary N) is 1. The third-order valence-corrected chi connectivity index (χ3v) is 3.74. The lowest BCUT2D eigenvalue weighted by Crippen LogP contribution is -1.93. The molecule has 4 heteroatoms. The summed E-state index contributed by atoms with van der Waals surface area (Å²) in [7, 11) is 0. The first kappa shape index (κ1) is 9.80. The Hall–Kier alpha value is -0.740. The molecule has 0 unspecified atom stereocenters. The second-order valence-corrected chi connectivity index (χ2v) is 5.85. The van der Waals surface area contributed by atoms with Crippen molar-refractivity contribution in [2.45, 2.75) is 24.0 Å². The summed E-state index contributed by atoms with van der Waals surface area (Å²) >= 11 is 3.41. The van der Waals surface area contributed by atoms with Gasteiger partial charge in [-0.3, -0.25) is 0 Å². The van der Waals surface area contributed by atoms with Crippen molar-refractivity contribution in [2.24, 2.45) is 0 Å². The third-order valence-electron chi connectivity index (χ3n) is 1.86. The van der Waals surface area contributed by atoms with Crippen LogP contribution >= 0.6 is 23.1 Å². The minimum atomic E-state index is 0.549. The first-order valence-corrected chi connectivity index (χ1v) is 6.22. The van der Waals surface area contributed by atoms with E-state index in [1.165, 1.54) is 0 Å². The van der Waals surface area contributed by atoms with E-state index in [2.05, 4.69) is 31.0 Å². The molecule has 14 heavy (non-hydrogen) atoms. The molecule has 2 rings (SSSR count). The molecule has 0 radical (unpaired) electrons. The number of thiazole rings is 1. The number of fused-ring (bicyclic) bond motifs is 1. The quantitative estimate of drug-likeness (QED) is 0.628. The first-order chi connectivity index (χ1) is 6.68. The largest absolute Gasteiger partial charge is 0.396 e. The highest BCUT2D eigenvalue weighted by molar-refractivity contribution is 8.00. The Balaban J connectivity index is 2.51. The molecule has 1 aromatic carbocycles. The number of nitrogens with zero attached hydrogens (tertiary/aromatic N) is 1. The minimum Gasteiger partial charge on any atom is -0.396 e. The Morgan fingerprint density at radius 3 is 2.93 bits per heavy atom. The highest BCUT2D eigenvalue weighted by Crippen LogP contribution is 2.34. The van der Waals surface area contributed by atoms with Crippen LogP contribution in [-0.4, -0.2) is 10.2 Å². The van der Waals surface area contributed by atoms with Crippen molar-refractivity contribution >= 4 is 39.0 Å². The van der Waals surface area contributed by atoms with Crippen molar-refractivity contribution in [3.8, 4) is 0 Å². The van der Waals surface area contributed by atoms with Crippen molar-refractivity contribution in [1.82, 2.24) is 4.98 Å². The molecule has 0 amide bonds. The van der Waals surface area contributed by atoms with Crippen molar-refractivity contribution < 1.29 is 0 Å². The van der Waals surface area contributed by atoms with Gasteiger partial charge in [-0.25, -0.2) is 4.98 Å². The van der Waals surface area contributed by atoms with Crippen LogP contribution in [0, 0.1) is 0 Å². The molecule has 2 aromatic rings. The smallest absolute Gasteiger partial charge is 0.105 e. The SMILES string of the molecule is CC(C)Sc1ccc2scnc2c1N. The topological polar surface area (TPSA) is 38.9 Å². The van der Waals surface area contributed by atoms with Crippen LogP contribution in [0.2, 0.25) is 0 Å². The molecule has 0 aliphatic carbocycles. The van der Waals surface area contributed by atoms with Crippen molar-refractivity contribution in [3.05, 3.63) is 17.6 Å². The van der Waals surface area contributed by atoms with Gasteiger partial charge in [0.25, 0.3) is 0 Å². The maximum Gasteiger partial charge on any atom is 0.105 e. The van der Waals surface area contributed by atoms with Crippen molar-refractivity contribution in [1.29, 1.82) is 0 Å². The normalized spacial score (nSPS) is 11.4. The van der Waals surface area contributed by atoms with E-state index in [0.29, 0.717) is 5.25 Å². The fraction of sp³-hybridized carbons (Fsp3) is 0.300. The number of anilines is 1. The standard InChI is InChI=1S/C10H12N2S2/c1-6(2)14-7-3-4-8-10(9(7)11)12-5-13-8/h3-6H,11H2,1-2H3. The van der Waals surface area contributed by atoms with Crippen LogP contribution in [0.4, 0.5) is 5.69 Å². The van der Waals surface area contributed by atoms with Crippen LogP contribution in [0.5, 0.6) is 0 Å². The lowest BCUT2D eigenvalue weighted by Gasteiger charge is -2.07. The second kappa shape index (κ2) is 3.79. The summed E-state index contributed by atoms with van der Waals surface area (Å²) in [6, 6.07) is 4.18. The Kier molecular flexibility index (Phi) is 2.65. The van der Waals surface area contributed by atoms with Crippen LogP contribution in [0.25, 0.3) is 10.2 Å². The zero-order valence-electron chi connectivity index (χ0n) is 8.15. The van der Waals surface area contributed by atoms with Gasteiger partial charge in [0, 0.05) is 10.1 Å². The Morgan fingerprint density at radius 1 is 1.43 bits per heavy atom. The van der Waals surface area contributed by atoms with E-state index in [1.807, 2.05) is 5.51 Å². The molecule has 0 fully saturated rings. The van der Waals surface area contributed by atoms with Crippen LogP contribution in [0.15, 0.2) is 22.5 Å². The molecular formula is C10H12N2S2. The first-order valence-electron chi connectivity index (χ1n) is 4.47. The number of aromatic nitrogens is 1. The molecule has 2 nitrogen and oxygen atoms in total. The lowest BCUT2D eigenvalue weighted by molar-refractivity contribution is 1.11. The Morgan fingerprint density at radius 2 is 2.21 bits per heavy atom. The number of hydrogen-bond donors (Lipinski definition) is 1. The summed E-state index contributed by atoms with van der Waals surface area (Å²) < 4.78 is 1.16. The van der Waals surface area contributed by atoms with Crippen LogP contribution in [0.3, 0.4) is 0 Å². The van der Waals surface area contributed by atoms with Crippen LogP contribution in [0.1, 0.15) is 13.8 Å². The molecule has 0 bridgehead atoms. The number of nitrogen functional groups attached to an aromatic ring is 1. The van der Waals surface area contributed by atoms with E-state index < -0.39 is 0 Å². The molecule has 1 aromatic heterocycles. The predicted octanol–water partition coefficient (Wildman–Crippen LogP) is 3.38. The van der Waals surface area contributed by atoms with Gasteiger partial charge < -0.3 is 5.73 Å². The average Bonchev–Trinajstić information content (AvgIpc) is 2.57. The summed E-state index contributed by atoms with van der Waals surface area (Å²) in [5, 5.41) is 0.549. The molecule has 0 spiro atoms. The summed E-state index contributed by atoms with van der Waals surface area (Å²) in [5.74, 6) is 0. The summed E-state index contributed by atoms with van der Waals surface area (Å²) in [6.45, 7) is 4.32. The van der Waals surface area contributed by atoms with Gasteiger partial charge in [-0.15, -0.1) is 23.1 Å². The number of benzene rings is 1. The highest BCUT2D eigenvalue weighted by Gasteiger charge is 2.08. The summed E-state index contributed by atoms with van der Waals surface area (Å²) in [5.41, 5.74) is 9.64. The molecular weight excluding hydrogens is 212 g/mol. The van der Waals surface area contributed by atoms with Crippen LogP contribution < -0.4 is 5.73 Å². The molecule has 0 saturated heterocycles. The fourth-order valence-electron chi connectivity index (χ4n) is 1.29. The van der Waals surface area contributed by atoms with Gasteiger partial charge in [0.2, 0.25) is 0 Å². The zero-order chi connectivity index (χ0) is 10.1. The van der Waals surface area contributed by atoms with Gasteiger partial charge in [-0.05, 0) is 12.1 Å². The Labute approximate surface area is 91.5 Å². The average molecular weight is 224 g/mol. The van der Waals surface area contributed by atoms with Gasteiger partial charge in [0.05, 0.1) is 15.9 Å². The monoisotopic (exact) mass is 224 g/mol. The lowest BCUT2D eigenvalue weighted by atomic mass is 10.3. The Bertz CT molecular complexity index is 448. The maximum absolute atomic E-state index is 6.04. The maximum atomic E-state index is 6.04. The van der Waals surface area contributed by atoms with Crippen molar-refractivity contribution in [3.63, 3.8) is 0 Å². The van der Waals surface area contributed by atoms with Gasteiger partial charge in [-0.1, -0.05) is 13.8 Å². The second-order valence-electron chi connectivity index (χ2n) is 3.34. The minimum absolute atomic E-state index is 0.549. The fourth-order valence-corrected chi connectivity index (χ4v) is 2.86. The van der Waals surface area contributed by atoms with Gasteiger partial charge in [0.1, 0.15) is 5.52 Å². The third kappa shape index (κ3) is 1.72. The number of thioether (sulfide) groups is 1. The number of hydrogen-bond acceptors (Lipinski definition) is 4. The van der Waals surface area contributed by atoms with Gasteiger partial charge in [-0.2, -0.15) is 0 Å². The molecule has 0 atom stereocenters. The van der Waals surface area contributed by atoms with Gasteiger partial charge >= 0.3 is 0 Å². The van der Waals surface area contributed by atoms with Gasteiger partial charge in [0.15, 0.2) is 0 Å². The van der Waals surface area contributed by atoms with E-state index in [0.717, 1.165) is 20.8 Å². The predicted molar refractivity (Wildman–Crippen MR) is 65.0 cm³/mol. The summed E-state index contributed by atoms with van der Waals surface area (Å²) in [4.78, 5) is 5.40. The molecule has 0 aliphatic rings. The summed E-state index contributed by atoms with van der Waals surface area (Å²) in [6.07, 6.45) is 0. The molecule has 1 heterocycles. The van der Waals surface area contributed by atoms with E-state index in [1.54, 1.807) is 23.1 Å².